The van der Waals surface area contributed by atoms with E-state index in [1.54, 1.807) is 24.4 Å². The molecule has 1 saturated carbocycles. The van der Waals surface area contributed by atoms with Gasteiger partial charge in [0.1, 0.15) is 18.2 Å². The van der Waals surface area contributed by atoms with Gasteiger partial charge in [-0.3, -0.25) is 4.79 Å². The SMILES string of the molecule is O=c1c2cc(Br)ccc2nc(C2CCCCC2)n1N=Cc1ccc(OCc2ccc(Cl)cc2Cl)cc1. The summed E-state index contributed by atoms with van der Waals surface area (Å²) in [7, 11) is 0. The summed E-state index contributed by atoms with van der Waals surface area (Å²) in [6.45, 7) is 0.335. The number of halogens is 3. The first-order chi connectivity index (χ1) is 17.5. The molecule has 0 amide bonds. The van der Waals surface area contributed by atoms with Crippen molar-refractivity contribution in [2.45, 2.75) is 44.6 Å². The van der Waals surface area contributed by atoms with Gasteiger partial charge in [-0.15, -0.1) is 0 Å². The Labute approximate surface area is 227 Å². The summed E-state index contributed by atoms with van der Waals surface area (Å²) in [6.07, 6.45) is 7.25. The summed E-state index contributed by atoms with van der Waals surface area (Å²) in [5, 5.41) is 6.31. The molecule has 1 fully saturated rings. The molecule has 1 aromatic heterocycles. The third kappa shape index (κ3) is 5.66. The van der Waals surface area contributed by atoms with Crippen LogP contribution in [0.4, 0.5) is 0 Å². The molecule has 0 spiro atoms. The summed E-state index contributed by atoms with van der Waals surface area (Å²) in [5.74, 6) is 1.67. The Bertz CT molecular complexity index is 1480. The number of nitrogens with zero attached hydrogens (tertiary/aromatic N) is 3. The van der Waals surface area contributed by atoms with Gasteiger partial charge >= 0.3 is 0 Å². The van der Waals surface area contributed by atoms with Crippen LogP contribution in [-0.2, 0) is 6.61 Å². The van der Waals surface area contributed by atoms with Gasteiger partial charge in [-0.25, -0.2) is 4.98 Å². The van der Waals surface area contributed by atoms with Crippen LogP contribution in [0.3, 0.4) is 0 Å². The molecule has 0 unspecified atom stereocenters. The average Bonchev–Trinajstić information content (AvgIpc) is 2.89. The van der Waals surface area contributed by atoms with Gasteiger partial charge in [-0.2, -0.15) is 9.78 Å². The van der Waals surface area contributed by atoms with Crippen LogP contribution >= 0.6 is 39.1 Å². The highest BCUT2D eigenvalue weighted by molar-refractivity contribution is 9.10. The van der Waals surface area contributed by atoms with Crippen LogP contribution in [0.15, 0.2) is 75.0 Å². The van der Waals surface area contributed by atoms with E-state index in [0.29, 0.717) is 33.3 Å². The lowest BCUT2D eigenvalue weighted by molar-refractivity contribution is 0.306. The van der Waals surface area contributed by atoms with Crippen molar-refractivity contribution in [3.8, 4) is 5.75 Å². The molecule has 184 valence electrons. The number of benzene rings is 3. The molecule has 1 aliphatic rings. The number of hydrogen-bond acceptors (Lipinski definition) is 4. The van der Waals surface area contributed by atoms with Crippen molar-refractivity contribution >= 4 is 56.2 Å². The molecule has 0 atom stereocenters. The van der Waals surface area contributed by atoms with Gasteiger partial charge < -0.3 is 4.74 Å². The Morgan fingerprint density at radius 2 is 1.81 bits per heavy atom. The van der Waals surface area contributed by atoms with E-state index in [9.17, 15) is 4.79 Å². The van der Waals surface area contributed by atoms with Gasteiger partial charge in [-0.1, -0.05) is 64.5 Å². The molecule has 4 aromatic rings. The van der Waals surface area contributed by atoms with Gasteiger partial charge in [-0.05, 0) is 73.0 Å². The normalized spacial score (nSPS) is 14.5. The molecule has 0 radical (unpaired) electrons. The van der Waals surface area contributed by atoms with E-state index in [2.05, 4.69) is 21.0 Å². The Morgan fingerprint density at radius 1 is 1.03 bits per heavy atom. The molecule has 0 aliphatic heterocycles. The van der Waals surface area contributed by atoms with E-state index in [4.69, 9.17) is 32.9 Å². The van der Waals surface area contributed by atoms with Crippen LogP contribution in [0.1, 0.15) is 55.0 Å². The fraction of sp³-hybridized carbons (Fsp3) is 0.250. The molecule has 3 aromatic carbocycles. The summed E-state index contributed by atoms with van der Waals surface area (Å²) in [6, 6.07) is 18.5. The Balaban J connectivity index is 1.39. The van der Waals surface area contributed by atoms with Crippen LogP contribution in [0, 0.1) is 0 Å². The molecular formula is C28H24BrCl2N3O2. The van der Waals surface area contributed by atoms with E-state index in [1.165, 1.54) is 11.1 Å². The largest absolute Gasteiger partial charge is 0.489 e. The second kappa shape index (κ2) is 11.2. The zero-order valence-electron chi connectivity index (χ0n) is 19.5. The first kappa shape index (κ1) is 25.0. The summed E-state index contributed by atoms with van der Waals surface area (Å²) in [5.41, 5.74) is 2.26. The van der Waals surface area contributed by atoms with Crippen LogP contribution in [0.2, 0.25) is 10.0 Å². The lowest BCUT2D eigenvalue weighted by Crippen LogP contribution is -2.25. The second-order valence-electron chi connectivity index (χ2n) is 8.92. The van der Waals surface area contributed by atoms with Crippen LogP contribution < -0.4 is 10.3 Å². The highest BCUT2D eigenvalue weighted by atomic mass is 79.9. The maximum Gasteiger partial charge on any atom is 0.282 e. The van der Waals surface area contributed by atoms with Gasteiger partial charge in [0.2, 0.25) is 0 Å². The number of ether oxygens (including phenoxy) is 1. The van der Waals surface area contributed by atoms with Gasteiger partial charge in [0.25, 0.3) is 5.56 Å². The molecule has 5 nitrogen and oxygen atoms in total. The zero-order valence-corrected chi connectivity index (χ0v) is 22.6. The standard InChI is InChI=1S/C28H24BrCl2N3O2/c29-21-9-13-26-24(14-21)28(35)34(27(33-26)19-4-2-1-3-5-19)32-16-18-6-11-23(12-7-18)36-17-20-8-10-22(30)15-25(20)31/h6-16,19H,1-5,17H2. The van der Waals surface area contributed by atoms with Crippen molar-refractivity contribution < 1.29 is 4.74 Å². The maximum atomic E-state index is 13.4. The minimum atomic E-state index is -0.155. The highest BCUT2D eigenvalue weighted by Crippen LogP contribution is 2.32. The van der Waals surface area contributed by atoms with Crippen molar-refractivity contribution in [2.24, 2.45) is 5.10 Å². The van der Waals surface area contributed by atoms with Crippen LogP contribution in [0.5, 0.6) is 5.75 Å². The minimum absolute atomic E-state index is 0.155. The lowest BCUT2D eigenvalue weighted by Gasteiger charge is -2.22. The van der Waals surface area contributed by atoms with Gasteiger partial charge in [0.05, 0.1) is 17.1 Å². The predicted molar refractivity (Wildman–Crippen MR) is 150 cm³/mol. The number of aromatic nitrogens is 2. The van der Waals surface area contributed by atoms with Crippen molar-refractivity contribution in [1.82, 2.24) is 9.66 Å². The quantitative estimate of drug-likeness (QED) is 0.216. The van der Waals surface area contributed by atoms with Crippen LogP contribution in [-0.4, -0.2) is 15.9 Å². The third-order valence-electron chi connectivity index (χ3n) is 6.42. The number of fused-ring (bicyclic) bond motifs is 1. The van der Waals surface area contributed by atoms with Crippen molar-refractivity contribution in [2.75, 3.05) is 0 Å². The smallest absolute Gasteiger partial charge is 0.282 e. The van der Waals surface area contributed by atoms with E-state index in [-0.39, 0.29) is 11.5 Å². The number of hydrogen-bond donors (Lipinski definition) is 0. The predicted octanol–water partition coefficient (Wildman–Crippen LogP) is 7.97. The molecule has 8 heteroatoms. The van der Waals surface area contributed by atoms with E-state index in [0.717, 1.165) is 47.1 Å². The summed E-state index contributed by atoms with van der Waals surface area (Å²) < 4.78 is 8.19. The molecule has 1 heterocycles. The lowest BCUT2D eigenvalue weighted by atomic mass is 9.88. The van der Waals surface area contributed by atoms with Crippen molar-refractivity contribution in [1.29, 1.82) is 0 Å². The molecule has 0 N–H and O–H groups in total. The first-order valence-corrected chi connectivity index (χ1v) is 13.5. The molecule has 0 bridgehead atoms. The van der Waals surface area contributed by atoms with Crippen molar-refractivity contribution in [3.05, 3.63) is 102 Å². The Kier molecular flexibility index (Phi) is 7.75. The number of rotatable bonds is 6. The maximum absolute atomic E-state index is 13.4. The topological polar surface area (TPSA) is 56.5 Å². The monoisotopic (exact) mass is 583 g/mol. The first-order valence-electron chi connectivity index (χ1n) is 11.9. The van der Waals surface area contributed by atoms with Gasteiger partial charge in [0.15, 0.2) is 0 Å². The summed E-state index contributed by atoms with van der Waals surface area (Å²) >= 11 is 15.7. The van der Waals surface area contributed by atoms with Crippen molar-refractivity contribution in [3.63, 3.8) is 0 Å². The average molecular weight is 585 g/mol. The molecule has 5 rings (SSSR count). The third-order valence-corrected chi connectivity index (χ3v) is 7.50. The Morgan fingerprint density at radius 3 is 2.56 bits per heavy atom. The second-order valence-corrected chi connectivity index (χ2v) is 10.7. The molecular weight excluding hydrogens is 561 g/mol. The summed E-state index contributed by atoms with van der Waals surface area (Å²) in [4.78, 5) is 18.3. The minimum Gasteiger partial charge on any atom is -0.489 e. The fourth-order valence-corrected chi connectivity index (χ4v) is 5.30. The van der Waals surface area contributed by atoms with Gasteiger partial charge in [0, 0.05) is 26.0 Å². The zero-order chi connectivity index (χ0) is 25.1. The van der Waals surface area contributed by atoms with E-state index >= 15 is 0 Å². The molecule has 36 heavy (non-hydrogen) atoms. The fourth-order valence-electron chi connectivity index (χ4n) is 4.48. The van der Waals surface area contributed by atoms with E-state index < -0.39 is 0 Å². The molecule has 0 saturated heterocycles. The molecule has 1 aliphatic carbocycles. The Hall–Kier alpha value is -2.67. The van der Waals surface area contributed by atoms with Crippen LogP contribution in [0.25, 0.3) is 10.9 Å². The highest BCUT2D eigenvalue weighted by Gasteiger charge is 2.22. The van der Waals surface area contributed by atoms with E-state index in [1.807, 2.05) is 42.5 Å².